The van der Waals surface area contributed by atoms with Crippen LogP contribution in [0.1, 0.15) is 6.92 Å². The van der Waals surface area contributed by atoms with Crippen molar-refractivity contribution >= 4 is 23.4 Å². The van der Waals surface area contributed by atoms with Gasteiger partial charge < -0.3 is 10.5 Å². The average molecular weight is 260 g/mol. The number of benzene rings is 1. The Morgan fingerprint density at radius 3 is 3.00 bits per heavy atom. The van der Waals surface area contributed by atoms with E-state index >= 15 is 0 Å². The number of rotatable bonds is 7. The predicted octanol–water partition coefficient (Wildman–Crippen LogP) is 3.05. The lowest BCUT2D eigenvalue weighted by molar-refractivity contribution is 0.344. The summed E-state index contributed by atoms with van der Waals surface area (Å²) in [6, 6.07) is 7.47. The summed E-state index contributed by atoms with van der Waals surface area (Å²) in [5, 5.41) is 0.710. The fourth-order valence-electron chi connectivity index (χ4n) is 1.13. The molecule has 0 radical (unpaired) electrons. The van der Waals surface area contributed by atoms with Gasteiger partial charge in [-0.25, -0.2) is 0 Å². The van der Waals surface area contributed by atoms with Crippen LogP contribution >= 0.6 is 23.4 Å². The summed E-state index contributed by atoms with van der Waals surface area (Å²) in [6.45, 7) is 3.62. The molecule has 1 atom stereocenters. The van der Waals surface area contributed by atoms with Crippen LogP contribution in [0.2, 0.25) is 5.02 Å². The van der Waals surface area contributed by atoms with Crippen LogP contribution in [0.4, 0.5) is 0 Å². The van der Waals surface area contributed by atoms with Crippen molar-refractivity contribution in [3.05, 3.63) is 29.3 Å². The summed E-state index contributed by atoms with van der Waals surface area (Å²) in [7, 11) is 0. The van der Waals surface area contributed by atoms with Crippen LogP contribution in [-0.4, -0.2) is 24.7 Å². The standard InChI is InChI=1S/C12H18ClNOS/c1-10(8-14)9-16-6-5-15-12-4-2-3-11(13)7-12/h2-4,7,10H,5-6,8-9,14H2,1H3. The molecule has 0 aliphatic rings. The number of hydrogen-bond donors (Lipinski definition) is 1. The molecular formula is C12H18ClNOS. The number of thioether (sulfide) groups is 1. The van der Waals surface area contributed by atoms with E-state index < -0.39 is 0 Å². The van der Waals surface area contributed by atoms with E-state index in [-0.39, 0.29) is 0 Å². The van der Waals surface area contributed by atoms with Crippen molar-refractivity contribution in [2.24, 2.45) is 11.7 Å². The van der Waals surface area contributed by atoms with E-state index in [9.17, 15) is 0 Å². The average Bonchev–Trinajstić information content (AvgIpc) is 2.28. The minimum absolute atomic E-state index is 0.580. The van der Waals surface area contributed by atoms with Crippen LogP contribution < -0.4 is 10.5 Å². The molecule has 16 heavy (non-hydrogen) atoms. The predicted molar refractivity (Wildman–Crippen MR) is 72.5 cm³/mol. The summed E-state index contributed by atoms with van der Waals surface area (Å²) < 4.78 is 5.57. The van der Waals surface area contributed by atoms with Crippen molar-refractivity contribution in [3.63, 3.8) is 0 Å². The second-order valence-corrected chi connectivity index (χ2v) is 5.31. The highest BCUT2D eigenvalue weighted by Gasteiger charge is 1.99. The lowest BCUT2D eigenvalue weighted by Gasteiger charge is -2.09. The molecule has 0 aliphatic carbocycles. The molecule has 1 aromatic rings. The van der Waals surface area contributed by atoms with Crippen LogP contribution in [0.15, 0.2) is 24.3 Å². The SMILES string of the molecule is CC(CN)CSCCOc1cccc(Cl)c1. The van der Waals surface area contributed by atoms with Gasteiger partial charge in [0.15, 0.2) is 0 Å². The summed E-state index contributed by atoms with van der Waals surface area (Å²) in [5.74, 6) is 3.49. The normalized spacial score (nSPS) is 12.4. The zero-order valence-electron chi connectivity index (χ0n) is 9.49. The summed E-state index contributed by atoms with van der Waals surface area (Å²) >= 11 is 7.72. The van der Waals surface area contributed by atoms with Gasteiger partial charge in [-0.05, 0) is 36.4 Å². The Balaban J connectivity index is 2.12. The fourth-order valence-corrected chi connectivity index (χ4v) is 2.21. The van der Waals surface area contributed by atoms with Crippen molar-refractivity contribution in [2.45, 2.75) is 6.92 Å². The molecule has 2 N–H and O–H groups in total. The van der Waals surface area contributed by atoms with Gasteiger partial charge in [-0.3, -0.25) is 0 Å². The molecule has 0 saturated heterocycles. The summed E-state index contributed by atoms with van der Waals surface area (Å²) in [6.07, 6.45) is 0. The first-order valence-electron chi connectivity index (χ1n) is 5.38. The molecule has 0 spiro atoms. The molecule has 0 fully saturated rings. The molecular weight excluding hydrogens is 242 g/mol. The Hall–Kier alpha value is -0.380. The Bertz CT molecular complexity index is 309. The second kappa shape index (κ2) is 7.82. The molecule has 90 valence electrons. The smallest absolute Gasteiger partial charge is 0.120 e. The molecule has 0 saturated carbocycles. The maximum atomic E-state index is 5.85. The Morgan fingerprint density at radius 2 is 2.31 bits per heavy atom. The topological polar surface area (TPSA) is 35.2 Å². The third kappa shape index (κ3) is 5.64. The van der Waals surface area contributed by atoms with Gasteiger partial charge in [-0.1, -0.05) is 24.6 Å². The summed E-state index contributed by atoms with van der Waals surface area (Å²) in [4.78, 5) is 0. The third-order valence-corrected chi connectivity index (χ3v) is 3.59. The van der Waals surface area contributed by atoms with Crippen molar-refractivity contribution in [3.8, 4) is 5.75 Å². The molecule has 2 nitrogen and oxygen atoms in total. The molecule has 0 bridgehead atoms. The van der Waals surface area contributed by atoms with Crippen LogP contribution in [0, 0.1) is 5.92 Å². The third-order valence-electron chi connectivity index (χ3n) is 2.10. The second-order valence-electron chi connectivity index (χ2n) is 3.72. The van der Waals surface area contributed by atoms with Gasteiger partial charge in [-0.2, -0.15) is 11.8 Å². The van der Waals surface area contributed by atoms with E-state index in [1.807, 2.05) is 36.0 Å². The van der Waals surface area contributed by atoms with Gasteiger partial charge in [0, 0.05) is 10.8 Å². The van der Waals surface area contributed by atoms with Crippen LogP contribution in [-0.2, 0) is 0 Å². The largest absolute Gasteiger partial charge is 0.493 e. The Labute approximate surface area is 107 Å². The monoisotopic (exact) mass is 259 g/mol. The molecule has 0 aliphatic heterocycles. The van der Waals surface area contributed by atoms with Crippen LogP contribution in [0.25, 0.3) is 0 Å². The highest BCUT2D eigenvalue weighted by Crippen LogP contribution is 2.17. The number of ether oxygens (including phenoxy) is 1. The van der Waals surface area contributed by atoms with Crippen molar-refractivity contribution in [1.82, 2.24) is 0 Å². The molecule has 0 heterocycles. The van der Waals surface area contributed by atoms with Gasteiger partial charge in [0.1, 0.15) is 5.75 Å². The molecule has 0 amide bonds. The van der Waals surface area contributed by atoms with Gasteiger partial charge in [0.05, 0.1) is 6.61 Å². The van der Waals surface area contributed by atoms with E-state index in [4.69, 9.17) is 22.1 Å². The molecule has 4 heteroatoms. The van der Waals surface area contributed by atoms with Gasteiger partial charge in [0.2, 0.25) is 0 Å². The first-order valence-corrected chi connectivity index (χ1v) is 6.92. The number of halogens is 1. The van der Waals surface area contributed by atoms with Crippen molar-refractivity contribution < 1.29 is 4.74 Å². The van der Waals surface area contributed by atoms with Gasteiger partial charge in [0.25, 0.3) is 0 Å². The minimum Gasteiger partial charge on any atom is -0.493 e. The Kier molecular flexibility index (Phi) is 6.69. The minimum atomic E-state index is 0.580. The molecule has 1 rings (SSSR count). The lowest BCUT2D eigenvalue weighted by atomic mass is 10.2. The van der Waals surface area contributed by atoms with Gasteiger partial charge >= 0.3 is 0 Å². The first kappa shape index (κ1) is 13.7. The quantitative estimate of drug-likeness (QED) is 0.765. The van der Waals surface area contributed by atoms with Crippen LogP contribution in [0.5, 0.6) is 5.75 Å². The molecule has 1 unspecified atom stereocenters. The maximum Gasteiger partial charge on any atom is 0.120 e. The first-order chi connectivity index (χ1) is 7.72. The van der Waals surface area contributed by atoms with E-state index in [0.717, 1.165) is 23.8 Å². The summed E-state index contributed by atoms with van der Waals surface area (Å²) in [5.41, 5.74) is 5.54. The van der Waals surface area contributed by atoms with E-state index in [0.29, 0.717) is 17.5 Å². The van der Waals surface area contributed by atoms with E-state index in [1.54, 1.807) is 0 Å². The lowest BCUT2D eigenvalue weighted by Crippen LogP contribution is -2.13. The highest BCUT2D eigenvalue weighted by molar-refractivity contribution is 7.99. The molecule has 1 aromatic carbocycles. The fraction of sp³-hybridized carbons (Fsp3) is 0.500. The number of nitrogens with two attached hydrogens (primary N) is 1. The zero-order valence-corrected chi connectivity index (χ0v) is 11.1. The maximum absolute atomic E-state index is 5.85. The zero-order chi connectivity index (χ0) is 11.8. The van der Waals surface area contributed by atoms with Crippen molar-refractivity contribution in [1.29, 1.82) is 0 Å². The van der Waals surface area contributed by atoms with Gasteiger partial charge in [-0.15, -0.1) is 0 Å². The van der Waals surface area contributed by atoms with E-state index in [2.05, 4.69) is 6.92 Å². The van der Waals surface area contributed by atoms with E-state index in [1.165, 1.54) is 0 Å². The highest BCUT2D eigenvalue weighted by atomic mass is 35.5. The van der Waals surface area contributed by atoms with Crippen molar-refractivity contribution in [2.75, 3.05) is 24.7 Å². The molecule has 0 aromatic heterocycles. The Morgan fingerprint density at radius 1 is 1.50 bits per heavy atom. The number of hydrogen-bond acceptors (Lipinski definition) is 3. The van der Waals surface area contributed by atoms with Crippen LogP contribution in [0.3, 0.4) is 0 Å².